The highest BCUT2D eigenvalue weighted by Gasteiger charge is 2.29. The first-order chi connectivity index (χ1) is 9.32. The lowest BCUT2D eigenvalue weighted by Crippen LogP contribution is -2.50. The number of carbonyl (C=O) groups excluding carboxylic acids is 1. The molecule has 1 N–H and O–H groups in total. The Morgan fingerprint density at radius 3 is 2.60 bits per heavy atom. The minimum Gasteiger partial charge on any atom is -0.459 e. The first-order valence-corrected chi connectivity index (χ1v) is 7.99. The summed E-state index contributed by atoms with van der Waals surface area (Å²) >= 11 is 0. The van der Waals surface area contributed by atoms with Crippen LogP contribution >= 0.6 is 0 Å². The van der Waals surface area contributed by atoms with Gasteiger partial charge in [-0.15, -0.1) is 0 Å². The number of carbonyl (C=O) groups is 1. The highest BCUT2D eigenvalue weighted by molar-refractivity contribution is 5.72. The van der Waals surface area contributed by atoms with E-state index in [-0.39, 0.29) is 11.6 Å². The average Bonchev–Trinajstić information content (AvgIpc) is 3.06. The van der Waals surface area contributed by atoms with Crippen molar-refractivity contribution in [2.75, 3.05) is 26.2 Å². The molecule has 0 aromatic carbocycles. The summed E-state index contributed by atoms with van der Waals surface area (Å²) in [6.07, 6.45) is 3.99. The monoisotopic (exact) mass is 282 g/mol. The second-order valence-electron chi connectivity index (χ2n) is 7.67. The Labute approximate surface area is 123 Å². The van der Waals surface area contributed by atoms with Gasteiger partial charge in [0.25, 0.3) is 0 Å². The van der Waals surface area contributed by atoms with Crippen LogP contribution in [0.5, 0.6) is 0 Å². The largest absolute Gasteiger partial charge is 0.459 e. The minimum absolute atomic E-state index is 0.104. The number of ether oxygens (including phenoxy) is 1. The molecule has 0 amide bonds. The van der Waals surface area contributed by atoms with Gasteiger partial charge in [0, 0.05) is 19.1 Å². The molecule has 0 spiro atoms. The Bertz CT molecular complexity index is 334. The first kappa shape index (κ1) is 15.8. The Hall–Kier alpha value is -0.610. The van der Waals surface area contributed by atoms with Gasteiger partial charge >= 0.3 is 5.97 Å². The molecule has 4 heteroatoms. The van der Waals surface area contributed by atoms with Crippen LogP contribution in [0.15, 0.2) is 0 Å². The summed E-state index contributed by atoms with van der Waals surface area (Å²) in [5.41, 5.74) is -0.387. The zero-order chi connectivity index (χ0) is 14.8. The van der Waals surface area contributed by atoms with E-state index in [0.717, 1.165) is 25.6 Å². The number of hydrogen-bond acceptors (Lipinski definition) is 4. The van der Waals surface area contributed by atoms with Crippen LogP contribution in [-0.4, -0.2) is 48.7 Å². The van der Waals surface area contributed by atoms with Gasteiger partial charge in [-0.3, -0.25) is 9.69 Å². The molecule has 2 atom stereocenters. The molecule has 2 unspecified atom stereocenters. The van der Waals surface area contributed by atoms with Crippen LogP contribution in [0, 0.1) is 11.8 Å². The van der Waals surface area contributed by atoms with E-state index in [0.29, 0.717) is 18.5 Å². The number of rotatable bonds is 5. The van der Waals surface area contributed by atoms with Crippen molar-refractivity contribution in [3.63, 3.8) is 0 Å². The zero-order valence-corrected chi connectivity index (χ0v) is 13.4. The SMILES string of the molecule is CC1CC(NCC2CC2)CN(CC(=O)OC(C)(C)C)C1. The quantitative estimate of drug-likeness (QED) is 0.784. The van der Waals surface area contributed by atoms with Gasteiger partial charge in [-0.05, 0) is 58.4 Å². The number of piperidine rings is 1. The van der Waals surface area contributed by atoms with Gasteiger partial charge < -0.3 is 10.1 Å². The van der Waals surface area contributed by atoms with Gasteiger partial charge in [0.05, 0.1) is 6.54 Å². The summed E-state index contributed by atoms with van der Waals surface area (Å²) in [5.74, 6) is 1.45. The molecular formula is C16H30N2O2. The van der Waals surface area contributed by atoms with Gasteiger partial charge in [0.15, 0.2) is 0 Å². The summed E-state index contributed by atoms with van der Waals surface area (Å²) in [6.45, 7) is 11.6. The Balaban J connectivity index is 1.76. The zero-order valence-electron chi connectivity index (χ0n) is 13.4. The maximum Gasteiger partial charge on any atom is 0.320 e. The standard InChI is InChI=1S/C16H30N2O2/c1-12-7-14(17-8-13-5-6-13)10-18(9-12)11-15(19)20-16(2,3)4/h12-14,17H,5-11H2,1-4H3. The van der Waals surface area contributed by atoms with Crippen molar-refractivity contribution in [3.05, 3.63) is 0 Å². The molecule has 1 saturated heterocycles. The van der Waals surface area contributed by atoms with E-state index in [4.69, 9.17) is 4.74 Å². The van der Waals surface area contributed by atoms with Gasteiger partial charge in [-0.2, -0.15) is 0 Å². The number of nitrogens with one attached hydrogen (secondary N) is 1. The Morgan fingerprint density at radius 1 is 1.30 bits per heavy atom. The van der Waals surface area contributed by atoms with Crippen molar-refractivity contribution in [2.24, 2.45) is 11.8 Å². The van der Waals surface area contributed by atoms with Gasteiger partial charge in [0.2, 0.25) is 0 Å². The summed E-state index contributed by atoms with van der Waals surface area (Å²) < 4.78 is 5.42. The molecule has 2 rings (SSSR count). The lowest BCUT2D eigenvalue weighted by molar-refractivity contribution is -0.156. The molecule has 116 valence electrons. The molecule has 0 bridgehead atoms. The van der Waals surface area contributed by atoms with E-state index in [1.54, 1.807) is 0 Å². The fourth-order valence-electron chi connectivity index (χ4n) is 2.95. The van der Waals surface area contributed by atoms with E-state index in [1.807, 2.05) is 20.8 Å². The summed E-state index contributed by atoms with van der Waals surface area (Å²) in [6, 6.07) is 0.529. The van der Waals surface area contributed by atoms with Crippen LogP contribution in [0.1, 0.15) is 47.0 Å². The Morgan fingerprint density at radius 2 is 2.00 bits per heavy atom. The van der Waals surface area contributed by atoms with Crippen molar-refractivity contribution >= 4 is 5.97 Å². The van der Waals surface area contributed by atoms with Crippen LogP contribution < -0.4 is 5.32 Å². The number of nitrogens with zero attached hydrogens (tertiary/aromatic N) is 1. The van der Waals surface area contributed by atoms with Crippen molar-refractivity contribution in [2.45, 2.75) is 58.6 Å². The number of likely N-dealkylation sites (tertiary alicyclic amines) is 1. The lowest BCUT2D eigenvalue weighted by atomic mass is 9.96. The van der Waals surface area contributed by atoms with Crippen LogP contribution in [-0.2, 0) is 9.53 Å². The van der Waals surface area contributed by atoms with Crippen LogP contribution in [0.2, 0.25) is 0 Å². The number of hydrogen-bond donors (Lipinski definition) is 1. The van der Waals surface area contributed by atoms with Crippen molar-refractivity contribution in [3.8, 4) is 0 Å². The van der Waals surface area contributed by atoms with Crippen LogP contribution in [0.3, 0.4) is 0 Å². The second-order valence-corrected chi connectivity index (χ2v) is 7.67. The average molecular weight is 282 g/mol. The van der Waals surface area contributed by atoms with Crippen molar-refractivity contribution in [1.29, 1.82) is 0 Å². The van der Waals surface area contributed by atoms with E-state index >= 15 is 0 Å². The number of esters is 1. The molecule has 0 aromatic rings. The third kappa shape index (κ3) is 5.80. The summed E-state index contributed by atoms with van der Waals surface area (Å²) in [4.78, 5) is 14.2. The molecule has 2 fully saturated rings. The van der Waals surface area contributed by atoms with E-state index in [9.17, 15) is 4.79 Å². The molecule has 4 nitrogen and oxygen atoms in total. The smallest absolute Gasteiger partial charge is 0.320 e. The fourth-order valence-corrected chi connectivity index (χ4v) is 2.95. The highest BCUT2D eigenvalue weighted by Crippen LogP contribution is 2.28. The molecule has 0 aromatic heterocycles. The predicted molar refractivity (Wildman–Crippen MR) is 80.6 cm³/mol. The third-order valence-electron chi connectivity index (χ3n) is 3.90. The fraction of sp³-hybridized carbons (Fsp3) is 0.938. The van der Waals surface area contributed by atoms with Gasteiger partial charge in [-0.1, -0.05) is 6.92 Å². The molecule has 1 saturated carbocycles. The molecular weight excluding hydrogens is 252 g/mol. The maximum atomic E-state index is 11.9. The maximum absolute atomic E-state index is 11.9. The molecule has 0 radical (unpaired) electrons. The summed E-state index contributed by atoms with van der Waals surface area (Å²) in [5, 5.41) is 3.67. The summed E-state index contributed by atoms with van der Waals surface area (Å²) in [7, 11) is 0. The van der Waals surface area contributed by atoms with Crippen LogP contribution in [0.4, 0.5) is 0 Å². The first-order valence-electron chi connectivity index (χ1n) is 7.99. The molecule has 1 aliphatic heterocycles. The lowest BCUT2D eigenvalue weighted by Gasteiger charge is -2.36. The van der Waals surface area contributed by atoms with Gasteiger partial charge in [0.1, 0.15) is 5.60 Å². The van der Waals surface area contributed by atoms with E-state index < -0.39 is 0 Å². The molecule has 1 aliphatic carbocycles. The normalized spacial score (nSPS) is 28.4. The van der Waals surface area contributed by atoms with E-state index in [1.165, 1.54) is 19.3 Å². The molecule has 20 heavy (non-hydrogen) atoms. The molecule has 2 aliphatic rings. The predicted octanol–water partition coefficient (Wildman–Crippen LogP) is 2.04. The minimum atomic E-state index is -0.387. The Kier molecular flexibility index (Phi) is 5.08. The van der Waals surface area contributed by atoms with Crippen molar-refractivity contribution < 1.29 is 9.53 Å². The van der Waals surface area contributed by atoms with Crippen molar-refractivity contribution in [1.82, 2.24) is 10.2 Å². The highest BCUT2D eigenvalue weighted by atomic mass is 16.6. The van der Waals surface area contributed by atoms with Gasteiger partial charge in [-0.25, -0.2) is 0 Å². The molecule has 1 heterocycles. The van der Waals surface area contributed by atoms with Crippen LogP contribution in [0.25, 0.3) is 0 Å². The second kappa shape index (κ2) is 6.44. The van der Waals surface area contributed by atoms with E-state index in [2.05, 4.69) is 17.1 Å². The third-order valence-corrected chi connectivity index (χ3v) is 3.90. The topological polar surface area (TPSA) is 41.6 Å².